The number of alkyl halides is 2. The maximum Gasteiger partial charge on any atom is 0.387 e. The van der Waals surface area contributed by atoms with Crippen LogP contribution in [0, 0.1) is 0 Å². The van der Waals surface area contributed by atoms with Crippen molar-refractivity contribution in [3.8, 4) is 5.75 Å². The Bertz CT molecular complexity index is 370. The molecule has 0 spiro atoms. The van der Waals surface area contributed by atoms with Crippen molar-refractivity contribution in [2.24, 2.45) is 0 Å². The molecule has 0 aromatic heterocycles. The maximum atomic E-state index is 11.9. The summed E-state index contributed by atoms with van der Waals surface area (Å²) in [6, 6.07) is 6.07. The highest BCUT2D eigenvalue weighted by molar-refractivity contribution is 7.80. The van der Waals surface area contributed by atoms with Gasteiger partial charge in [-0.15, -0.1) is 0 Å². The number of halogens is 2. The van der Waals surface area contributed by atoms with Gasteiger partial charge < -0.3 is 10.1 Å². The summed E-state index contributed by atoms with van der Waals surface area (Å²) in [6.07, 6.45) is 0. The molecular formula is C10H13F2N3OS. The number of benzene rings is 1. The van der Waals surface area contributed by atoms with E-state index in [-0.39, 0.29) is 5.75 Å². The molecule has 7 heteroatoms. The lowest BCUT2D eigenvalue weighted by Gasteiger charge is -2.15. The summed E-state index contributed by atoms with van der Waals surface area (Å²) < 4.78 is 28.0. The quantitative estimate of drug-likeness (QED) is 0.641. The summed E-state index contributed by atoms with van der Waals surface area (Å²) >= 11 is 5.00. The van der Waals surface area contributed by atoms with E-state index in [2.05, 4.69) is 15.5 Å². The van der Waals surface area contributed by atoms with Crippen LogP contribution in [0.25, 0.3) is 0 Å². The van der Waals surface area contributed by atoms with Crippen molar-refractivity contribution in [1.29, 1.82) is 0 Å². The molecule has 0 aliphatic rings. The summed E-state index contributed by atoms with van der Waals surface area (Å²) in [4.78, 5) is 0. The number of thiocarbonyl (C=S) groups is 1. The van der Waals surface area contributed by atoms with Gasteiger partial charge in [-0.2, -0.15) is 8.78 Å². The maximum absolute atomic E-state index is 11.9. The van der Waals surface area contributed by atoms with Crippen LogP contribution in [0.1, 0.15) is 0 Å². The van der Waals surface area contributed by atoms with Gasteiger partial charge in [-0.25, -0.2) is 5.01 Å². The SMILES string of the molecule is CN(C)NC(=S)Nc1ccc(OC(F)F)cc1. The van der Waals surface area contributed by atoms with Crippen LogP contribution in [0.3, 0.4) is 0 Å². The molecule has 0 bridgehead atoms. The lowest BCUT2D eigenvalue weighted by atomic mass is 10.3. The van der Waals surface area contributed by atoms with Crippen LogP contribution in [0.2, 0.25) is 0 Å². The molecule has 2 N–H and O–H groups in total. The number of nitrogens with zero attached hydrogens (tertiary/aromatic N) is 1. The van der Waals surface area contributed by atoms with E-state index in [0.717, 1.165) is 0 Å². The third-order valence-electron chi connectivity index (χ3n) is 1.66. The van der Waals surface area contributed by atoms with Gasteiger partial charge in [0.2, 0.25) is 0 Å². The Morgan fingerprint density at radius 3 is 2.35 bits per heavy atom. The van der Waals surface area contributed by atoms with Gasteiger partial charge in [0.25, 0.3) is 0 Å². The molecule has 1 aromatic rings. The second-order valence-electron chi connectivity index (χ2n) is 3.36. The lowest BCUT2D eigenvalue weighted by Crippen LogP contribution is -2.38. The number of hydrazine groups is 1. The van der Waals surface area contributed by atoms with Crippen LogP contribution in [-0.4, -0.2) is 30.8 Å². The topological polar surface area (TPSA) is 36.5 Å². The average Bonchev–Trinajstić information content (AvgIpc) is 2.18. The first-order chi connectivity index (χ1) is 7.97. The molecule has 0 fully saturated rings. The normalized spacial score (nSPS) is 10.5. The summed E-state index contributed by atoms with van der Waals surface area (Å²) in [5, 5.41) is 4.99. The van der Waals surface area contributed by atoms with E-state index in [1.54, 1.807) is 31.2 Å². The van der Waals surface area contributed by atoms with Crippen LogP contribution >= 0.6 is 12.2 Å². The van der Waals surface area contributed by atoms with Crippen LogP contribution in [0.4, 0.5) is 14.5 Å². The molecule has 0 heterocycles. The van der Waals surface area contributed by atoms with Crippen molar-refractivity contribution in [1.82, 2.24) is 10.4 Å². The molecule has 0 amide bonds. The summed E-state index contributed by atoms with van der Waals surface area (Å²) in [6.45, 7) is -2.81. The largest absolute Gasteiger partial charge is 0.435 e. The number of ether oxygens (including phenoxy) is 1. The second kappa shape index (κ2) is 6.31. The molecule has 0 saturated carbocycles. The third-order valence-corrected chi connectivity index (χ3v) is 1.86. The van der Waals surface area contributed by atoms with Gasteiger partial charge in [-0.1, -0.05) is 0 Å². The number of anilines is 1. The summed E-state index contributed by atoms with van der Waals surface area (Å²) in [5.74, 6) is 0.108. The Morgan fingerprint density at radius 1 is 1.29 bits per heavy atom. The van der Waals surface area contributed by atoms with E-state index in [1.807, 2.05) is 0 Å². The highest BCUT2D eigenvalue weighted by Gasteiger charge is 2.04. The average molecular weight is 261 g/mol. The fraction of sp³-hybridized carbons (Fsp3) is 0.300. The van der Waals surface area contributed by atoms with Crippen molar-refractivity contribution in [2.45, 2.75) is 6.61 Å². The van der Waals surface area contributed by atoms with Crippen molar-refractivity contribution in [2.75, 3.05) is 19.4 Å². The highest BCUT2D eigenvalue weighted by atomic mass is 32.1. The van der Waals surface area contributed by atoms with E-state index < -0.39 is 6.61 Å². The minimum Gasteiger partial charge on any atom is -0.435 e. The van der Waals surface area contributed by atoms with Crippen LogP contribution in [-0.2, 0) is 0 Å². The summed E-state index contributed by atoms with van der Waals surface area (Å²) in [7, 11) is 3.60. The minimum atomic E-state index is -2.81. The van der Waals surface area contributed by atoms with Gasteiger partial charge in [0.1, 0.15) is 5.75 Å². The Hall–Kier alpha value is -1.47. The lowest BCUT2D eigenvalue weighted by molar-refractivity contribution is -0.0498. The van der Waals surface area contributed by atoms with E-state index in [9.17, 15) is 8.78 Å². The molecule has 0 atom stereocenters. The van der Waals surface area contributed by atoms with Gasteiger partial charge in [-0.3, -0.25) is 5.43 Å². The highest BCUT2D eigenvalue weighted by Crippen LogP contribution is 2.17. The molecule has 17 heavy (non-hydrogen) atoms. The third kappa shape index (κ3) is 5.41. The standard InChI is InChI=1S/C10H13F2N3OS/c1-15(2)14-10(17)13-7-3-5-8(6-4-7)16-9(11)12/h3-6,9H,1-2H3,(H2,13,14,17). The predicted molar refractivity (Wildman–Crippen MR) is 66.1 cm³/mol. The van der Waals surface area contributed by atoms with Crippen LogP contribution in [0.15, 0.2) is 24.3 Å². The Balaban J connectivity index is 2.53. The molecule has 4 nitrogen and oxygen atoms in total. The number of hydrogen-bond acceptors (Lipinski definition) is 3. The van der Waals surface area contributed by atoms with Crippen LogP contribution in [0.5, 0.6) is 5.75 Å². The monoisotopic (exact) mass is 261 g/mol. The van der Waals surface area contributed by atoms with Gasteiger partial charge >= 0.3 is 6.61 Å². The number of nitrogens with one attached hydrogen (secondary N) is 2. The smallest absolute Gasteiger partial charge is 0.387 e. The van der Waals surface area contributed by atoms with Gasteiger partial charge in [-0.05, 0) is 36.5 Å². The second-order valence-corrected chi connectivity index (χ2v) is 3.77. The predicted octanol–water partition coefficient (Wildman–Crippen LogP) is 2.05. The number of rotatable bonds is 4. The van der Waals surface area contributed by atoms with Gasteiger partial charge in [0.05, 0.1) is 0 Å². The van der Waals surface area contributed by atoms with Gasteiger partial charge in [0, 0.05) is 19.8 Å². The van der Waals surface area contributed by atoms with Crippen LogP contribution < -0.4 is 15.5 Å². The minimum absolute atomic E-state index is 0.108. The molecule has 1 aromatic carbocycles. The zero-order valence-corrected chi connectivity index (χ0v) is 10.2. The molecule has 0 aliphatic heterocycles. The van der Waals surface area contributed by atoms with Crippen molar-refractivity contribution >= 4 is 23.0 Å². The van der Waals surface area contributed by atoms with E-state index in [1.165, 1.54) is 12.1 Å². The molecule has 0 aliphatic carbocycles. The summed E-state index contributed by atoms with van der Waals surface area (Å²) in [5.41, 5.74) is 3.53. The first kappa shape index (κ1) is 13.6. The van der Waals surface area contributed by atoms with Crippen molar-refractivity contribution in [3.63, 3.8) is 0 Å². The fourth-order valence-corrected chi connectivity index (χ4v) is 1.38. The molecule has 0 unspecified atom stereocenters. The molecular weight excluding hydrogens is 248 g/mol. The van der Waals surface area contributed by atoms with E-state index in [0.29, 0.717) is 10.8 Å². The molecule has 1 rings (SSSR count). The molecule has 0 saturated heterocycles. The zero-order valence-electron chi connectivity index (χ0n) is 9.41. The first-order valence-corrected chi connectivity index (χ1v) is 5.18. The zero-order chi connectivity index (χ0) is 12.8. The fourth-order valence-electron chi connectivity index (χ4n) is 1.08. The van der Waals surface area contributed by atoms with E-state index >= 15 is 0 Å². The Kier molecular flexibility index (Phi) is 5.05. The van der Waals surface area contributed by atoms with Gasteiger partial charge in [0.15, 0.2) is 5.11 Å². The van der Waals surface area contributed by atoms with Crippen molar-refractivity contribution < 1.29 is 13.5 Å². The van der Waals surface area contributed by atoms with Crippen molar-refractivity contribution in [3.05, 3.63) is 24.3 Å². The van der Waals surface area contributed by atoms with E-state index in [4.69, 9.17) is 12.2 Å². The Morgan fingerprint density at radius 2 is 1.88 bits per heavy atom. The first-order valence-electron chi connectivity index (χ1n) is 4.77. The molecule has 0 radical (unpaired) electrons. The number of hydrogen-bond donors (Lipinski definition) is 2. The molecule has 94 valence electrons. The Labute approximate surface area is 104 Å².